The third kappa shape index (κ3) is 6.05. The van der Waals surface area contributed by atoms with E-state index in [2.05, 4.69) is 39.7 Å². The predicted molar refractivity (Wildman–Crippen MR) is 130 cm³/mol. The zero-order chi connectivity index (χ0) is 20.0. The summed E-state index contributed by atoms with van der Waals surface area (Å²) in [5, 5.41) is 8.06. The fraction of sp³-hybridized carbons (Fsp3) is 0.524. The van der Waals surface area contributed by atoms with Gasteiger partial charge >= 0.3 is 0 Å². The zero-order valence-corrected chi connectivity index (χ0v) is 20.7. The predicted octanol–water partition coefficient (Wildman–Crippen LogP) is 3.80. The summed E-state index contributed by atoms with van der Waals surface area (Å²) in [6.07, 6.45) is 1.97. The highest BCUT2D eigenvalue weighted by molar-refractivity contribution is 14.0. The number of halogens is 1. The first-order chi connectivity index (χ1) is 13.6. The Morgan fingerprint density at radius 1 is 1.21 bits per heavy atom. The second-order valence-electron chi connectivity index (χ2n) is 7.14. The Bertz CT molecular complexity index is 802. The van der Waals surface area contributed by atoms with Gasteiger partial charge in [0.25, 0.3) is 0 Å². The van der Waals surface area contributed by atoms with Crippen molar-refractivity contribution in [2.45, 2.75) is 38.6 Å². The summed E-state index contributed by atoms with van der Waals surface area (Å²) in [7, 11) is 3.51. The lowest BCUT2D eigenvalue weighted by atomic mass is 9.74. The molecule has 1 aliphatic rings. The molecule has 0 radical (unpaired) electrons. The minimum Gasteiger partial charge on any atom is -0.497 e. The first-order valence-corrected chi connectivity index (χ1v) is 10.5. The van der Waals surface area contributed by atoms with Crippen LogP contribution in [0.5, 0.6) is 5.75 Å². The topological polar surface area (TPSA) is 67.8 Å². The zero-order valence-electron chi connectivity index (χ0n) is 17.6. The molecule has 1 aliphatic heterocycles. The Labute approximate surface area is 194 Å². The van der Waals surface area contributed by atoms with E-state index < -0.39 is 0 Å². The Kier molecular flexibility index (Phi) is 9.16. The van der Waals surface area contributed by atoms with Crippen LogP contribution in [0.2, 0.25) is 0 Å². The third-order valence-corrected chi connectivity index (χ3v) is 6.46. The molecule has 0 unspecified atom stereocenters. The highest BCUT2D eigenvalue weighted by Gasteiger charge is 2.34. The van der Waals surface area contributed by atoms with Gasteiger partial charge in [-0.1, -0.05) is 12.1 Å². The molecule has 1 aromatic heterocycles. The molecule has 3 rings (SSSR count). The van der Waals surface area contributed by atoms with Gasteiger partial charge in [-0.3, -0.25) is 4.99 Å². The molecule has 160 valence electrons. The number of guanidine groups is 1. The van der Waals surface area contributed by atoms with Crippen LogP contribution >= 0.6 is 35.3 Å². The van der Waals surface area contributed by atoms with Crippen LogP contribution in [0.25, 0.3) is 0 Å². The number of rotatable bonds is 6. The second kappa shape index (κ2) is 11.1. The van der Waals surface area contributed by atoms with E-state index in [0.29, 0.717) is 0 Å². The average Bonchev–Trinajstić information content (AvgIpc) is 3.06. The monoisotopic (exact) mass is 530 g/mol. The maximum Gasteiger partial charge on any atom is 0.191 e. The summed E-state index contributed by atoms with van der Waals surface area (Å²) in [5.74, 6) is 1.69. The maximum atomic E-state index is 5.64. The normalized spacial score (nSPS) is 16.1. The molecule has 0 atom stereocenters. The van der Waals surface area contributed by atoms with Gasteiger partial charge in [0.05, 0.1) is 24.4 Å². The van der Waals surface area contributed by atoms with Gasteiger partial charge in [-0.15, -0.1) is 35.3 Å². The molecule has 29 heavy (non-hydrogen) atoms. The van der Waals surface area contributed by atoms with E-state index in [1.807, 2.05) is 26.1 Å². The average molecular weight is 530 g/mol. The maximum absolute atomic E-state index is 5.64. The van der Waals surface area contributed by atoms with Gasteiger partial charge in [0, 0.05) is 37.1 Å². The van der Waals surface area contributed by atoms with Crippen molar-refractivity contribution >= 4 is 41.3 Å². The van der Waals surface area contributed by atoms with Crippen LogP contribution in [0.1, 0.15) is 34.0 Å². The molecule has 0 spiro atoms. The molecule has 1 fully saturated rings. The largest absolute Gasteiger partial charge is 0.497 e. The number of aromatic nitrogens is 1. The number of methoxy groups -OCH3 is 1. The molecule has 0 amide bonds. The van der Waals surface area contributed by atoms with E-state index in [-0.39, 0.29) is 29.4 Å². The molecule has 0 aliphatic carbocycles. The Morgan fingerprint density at radius 3 is 2.45 bits per heavy atom. The molecule has 1 saturated heterocycles. The summed E-state index contributed by atoms with van der Waals surface area (Å²) < 4.78 is 11.0. The lowest BCUT2D eigenvalue weighted by Crippen LogP contribution is -2.47. The molecule has 0 saturated carbocycles. The van der Waals surface area contributed by atoms with Gasteiger partial charge in [-0.05, 0) is 44.4 Å². The SMILES string of the molecule is CN=C(NCc1sc(C)nc1C)NCC1(c2ccc(OC)cc2)CCOCC1.I. The lowest BCUT2D eigenvalue weighted by molar-refractivity contribution is 0.0513. The number of benzene rings is 1. The molecule has 2 heterocycles. The van der Waals surface area contributed by atoms with Crippen molar-refractivity contribution in [1.82, 2.24) is 15.6 Å². The third-order valence-electron chi connectivity index (χ3n) is 5.39. The van der Waals surface area contributed by atoms with Crippen LogP contribution in [-0.4, -0.2) is 44.9 Å². The Balaban J connectivity index is 0.00000300. The summed E-state index contributed by atoms with van der Waals surface area (Å²) in [5.41, 5.74) is 2.43. The van der Waals surface area contributed by atoms with Crippen molar-refractivity contribution in [3.8, 4) is 5.75 Å². The molecule has 1 aromatic carbocycles. The summed E-state index contributed by atoms with van der Waals surface area (Å²) >= 11 is 1.73. The number of ether oxygens (including phenoxy) is 2. The van der Waals surface area contributed by atoms with Crippen molar-refractivity contribution in [2.24, 2.45) is 4.99 Å². The number of thiazole rings is 1. The molecule has 6 nitrogen and oxygen atoms in total. The van der Waals surface area contributed by atoms with Crippen molar-refractivity contribution in [3.05, 3.63) is 45.4 Å². The van der Waals surface area contributed by atoms with Crippen molar-refractivity contribution < 1.29 is 9.47 Å². The first-order valence-electron chi connectivity index (χ1n) is 9.66. The number of hydrogen-bond acceptors (Lipinski definition) is 5. The van der Waals surface area contributed by atoms with Gasteiger partial charge in [0.15, 0.2) is 5.96 Å². The van der Waals surface area contributed by atoms with E-state index in [4.69, 9.17) is 9.47 Å². The number of nitrogens with one attached hydrogen (secondary N) is 2. The number of aryl methyl sites for hydroxylation is 2. The number of nitrogens with zero attached hydrogens (tertiary/aromatic N) is 2. The fourth-order valence-corrected chi connectivity index (χ4v) is 4.53. The summed E-state index contributed by atoms with van der Waals surface area (Å²) in [6, 6.07) is 8.42. The van der Waals surface area contributed by atoms with Gasteiger partial charge < -0.3 is 20.1 Å². The highest BCUT2D eigenvalue weighted by atomic mass is 127. The van der Waals surface area contributed by atoms with Crippen LogP contribution in [0.4, 0.5) is 0 Å². The standard InChI is InChI=1S/C21H30N4O2S.HI/c1-15-19(28-16(2)25-15)13-23-20(22-3)24-14-21(9-11-27-12-10-21)17-5-7-18(26-4)8-6-17;/h5-8H,9-14H2,1-4H3,(H2,22,23,24);1H. The van der Waals surface area contributed by atoms with Crippen LogP contribution in [0.15, 0.2) is 29.3 Å². The lowest BCUT2D eigenvalue weighted by Gasteiger charge is -2.38. The molecule has 2 N–H and O–H groups in total. The quantitative estimate of drug-likeness (QED) is 0.338. The Morgan fingerprint density at radius 2 is 1.90 bits per heavy atom. The van der Waals surface area contributed by atoms with Crippen LogP contribution < -0.4 is 15.4 Å². The van der Waals surface area contributed by atoms with E-state index in [9.17, 15) is 0 Å². The van der Waals surface area contributed by atoms with Crippen molar-refractivity contribution in [1.29, 1.82) is 0 Å². The molecular formula is C21H31IN4O2S. The van der Waals surface area contributed by atoms with E-state index in [1.165, 1.54) is 10.4 Å². The fourth-order valence-electron chi connectivity index (χ4n) is 3.65. The van der Waals surface area contributed by atoms with Gasteiger partial charge in [-0.25, -0.2) is 4.98 Å². The number of hydrogen-bond donors (Lipinski definition) is 2. The van der Waals surface area contributed by atoms with E-state index in [1.54, 1.807) is 18.4 Å². The van der Waals surface area contributed by atoms with Crippen LogP contribution in [0, 0.1) is 13.8 Å². The van der Waals surface area contributed by atoms with Crippen LogP contribution in [-0.2, 0) is 16.7 Å². The molecular weight excluding hydrogens is 499 g/mol. The van der Waals surface area contributed by atoms with Crippen molar-refractivity contribution in [2.75, 3.05) is 33.9 Å². The highest BCUT2D eigenvalue weighted by Crippen LogP contribution is 2.35. The smallest absolute Gasteiger partial charge is 0.191 e. The summed E-state index contributed by atoms with van der Waals surface area (Å²) in [6.45, 7) is 7.19. The first kappa shape index (κ1) is 23.9. The van der Waals surface area contributed by atoms with Gasteiger partial charge in [0.1, 0.15) is 5.75 Å². The second-order valence-corrected chi connectivity index (χ2v) is 8.43. The van der Waals surface area contributed by atoms with Gasteiger partial charge in [0.2, 0.25) is 0 Å². The molecule has 2 aromatic rings. The minimum absolute atomic E-state index is 0. The molecule has 8 heteroatoms. The molecule has 0 bridgehead atoms. The van der Waals surface area contributed by atoms with E-state index in [0.717, 1.165) is 61.6 Å². The van der Waals surface area contributed by atoms with Gasteiger partial charge in [-0.2, -0.15) is 0 Å². The Hall–Kier alpha value is -1.39. The van der Waals surface area contributed by atoms with Crippen LogP contribution in [0.3, 0.4) is 0 Å². The van der Waals surface area contributed by atoms with Crippen molar-refractivity contribution in [3.63, 3.8) is 0 Å². The minimum atomic E-state index is 0. The summed E-state index contributed by atoms with van der Waals surface area (Å²) in [4.78, 5) is 10.1. The van der Waals surface area contributed by atoms with E-state index >= 15 is 0 Å². The number of aliphatic imine (C=N–C) groups is 1.